The van der Waals surface area contributed by atoms with Gasteiger partial charge in [0, 0.05) is 29.6 Å². The Bertz CT molecular complexity index is 920. The van der Waals surface area contributed by atoms with Crippen LogP contribution in [0.2, 0.25) is 10.0 Å². The van der Waals surface area contributed by atoms with Crippen LogP contribution in [0.25, 0.3) is 0 Å². The quantitative estimate of drug-likeness (QED) is 0.748. The fraction of sp³-hybridized carbons (Fsp3) is 0.316. The van der Waals surface area contributed by atoms with Gasteiger partial charge < -0.3 is 4.90 Å². The third-order valence-electron chi connectivity index (χ3n) is 4.63. The second-order valence-electron chi connectivity index (χ2n) is 6.50. The number of amides is 1. The molecule has 0 N–H and O–H groups in total. The van der Waals surface area contributed by atoms with Crippen molar-refractivity contribution >= 4 is 38.9 Å². The van der Waals surface area contributed by atoms with Crippen molar-refractivity contribution in [1.82, 2.24) is 4.90 Å². The molecular weight excluding hydrogens is 393 g/mol. The number of carbonyl (C=O) groups is 1. The first-order valence-corrected chi connectivity index (χ1v) is 10.6. The summed E-state index contributed by atoms with van der Waals surface area (Å²) in [5.74, 6) is -0.0276. The zero-order chi connectivity index (χ0) is 18.9. The standard InChI is InChI=1S/C19H19Cl2NO3S/c1-13-10-14(2-8-18(13)21)3-9-19(23)22-11-17(12-22)26(24,25)16-6-4-15(20)5-7-16/h2,4-8,10,17H,3,9,11-12H2,1H3. The predicted octanol–water partition coefficient (Wildman–Crippen LogP) is 3.92. The lowest BCUT2D eigenvalue weighted by atomic mass is 10.1. The monoisotopic (exact) mass is 411 g/mol. The van der Waals surface area contributed by atoms with E-state index < -0.39 is 15.1 Å². The van der Waals surface area contributed by atoms with Gasteiger partial charge in [0.15, 0.2) is 9.84 Å². The van der Waals surface area contributed by atoms with Crippen LogP contribution in [0.5, 0.6) is 0 Å². The van der Waals surface area contributed by atoms with E-state index >= 15 is 0 Å². The number of halogens is 2. The van der Waals surface area contributed by atoms with Gasteiger partial charge in [0.2, 0.25) is 5.91 Å². The van der Waals surface area contributed by atoms with E-state index in [1.807, 2.05) is 25.1 Å². The number of likely N-dealkylation sites (tertiary alicyclic amines) is 1. The van der Waals surface area contributed by atoms with Crippen LogP contribution in [0, 0.1) is 6.92 Å². The summed E-state index contributed by atoms with van der Waals surface area (Å²) in [6.07, 6.45) is 0.969. The zero-order valence-electron chi connectivity index (χ0n) is 14.3. The third-order valence-corrected chi connectivity index (χ3v) is 7.41. The van der Waals surface area contributed by atoms with Crippen LogP contribution < -0.4 is 0 Å². The molecule has 0 aliphatic carbocycles. The van der Waals surface area contributed by atoms with Crippen LogP contribution in [0.15, 0.2) is 47.4 Å². The van der Waals surface area contributed by atoms with Crippen molar-refractivity contribution in [2.75, 3.05) is 13.1 Å². The lowest BCUT2D eigenvalue weighted by molar-refractivity contribution is -0.134. The third kappa shape index (κ3) is 4.05. The summed E-state index contributed by atoms with van der Waals surface area (Å²) in [7, 11) is -3.43. The molecule has 2 aromatic rings. The summed E-state index contributed by atoms with van der Waals surface area (Å²) in [4.78, 5) is 14.1. The van der Waals surface area contributed by atoms with Crippen molar-refractivity contribution in [3.8, 4) is 0 Å². The molecule has 1 aliphatic heterocycles. The highest BCUT2D eigenvalue weighted by Crippen LogP contribution is 2.26. The first-order chi connectivity index (χ1) is 12.3. The molecule has 0 bridgehead atoms. The Labute approximate surface area is 163 Å². The molecule has 0 radical (unpaired) electrons. The minimum Gasteiger partial charge on any atom is -0.340 e. The number of rotatable bonds is 5. The van der Waals surface area contributed by atoms with Crippen molar-refractivity contribution in [2.45, 2.75) is 29.9 Å². The van der Waals surface area contributed by atoms with Gasteiger partial charge >= 0.3 is 0 Å². The Kier molecular flexibility index (Phi) is 5.61. The van der Waals surface area contributed by atoms with Crippen molar-refractivity contribution in [2.24, 2.45) is 0 Å². The van der Waals surface area contributed by atoms with Crippen LogP contribution in [-0.2, 0) is 21.1 Å². The largest absolute Gasteiger partial charge is 0.340 e. The molecule has 1 saturated heterocycles. The smallest absolute Gasteiger partial charge is 0.222 e. The van der Waals surface area contributed by atoms with E-state index in [1.54, 1.807) is 17.0 Å². The van der Waals surface area contributed by atoms with Crippen LogP contribution in [-0.4, -0.2) is 37.6 Å². The molecule has 1 fully saturated rings. The lowest BCUT2D eigenvalue weighted by Gasteiger charge is -2.38. The van der Waals surface area contributed by atoms with Gasteiger partial charge in [-0.2, -0.15) is 0 Å². The molecule has 0 saturated carbocycles. The van der Waals surface area contributed by atoms with Crippen LogP contribution in [0.1, 0.15) is 17.5 Å². The molecule has 1 heterocycles. The molecule has 4 nitrogen and oxygen atoms in total. The van der Waals surface area contributed by atoms with Crippen molar-refractivity contribution in [3.63, 3.8) is 0 Å². The SMILES string of the molecule is Cc1cc(CCC(=O)N2CC(S(=O)(=O)c3ccc(Cl)cc3)C2)ccc1Cl. The van der Waals surface area contributed by atoms with Crippen molar-refractivity contribution in [3.05, 3.63) is 63.6 Å². The highest BCUT2D eigenvalue weighted by Gasteiger charge is 2.40. The van der Waals surface area contributed by atoms with E-state index in [-0.39, 0.29) is 23.9 Å². The van der Waals surface area contributed by atoms with E-state index in [9.17, 15) is 13.2 Å². The van der Waals surface area contributed by atoms with Gasteiger partial charge in [0.05, 0.1) is 4.90 Å². The van der Waals surface area contributed by atoms with Gasteiger partial charge in [-0.15, -0.1) is 0 Å². The van der Waals surface area contributed by atoms with E-state index in [2.05, 4.69) is 0 Å². The highest BCUT2D eigenvalue weighted by molar-refractivity contribution is 7.92. The van der Waals surface area contributed by atoms with E-state index in [4.69, 9.17) is 23.2 Å². The molecule has 3 rings (SSSR count). The van der Waals surface area contributed by atoms with Crippen molar-refractivity contribution < 1.29 is 13.2 Å². The molecular formula is C19H19Cl2NO3S. The maximum absolute atomic E-state index is 12.5. The lowest BCUT2D eigenvalue weighted by Crippen LogP contribution is -2.56. The summed E-state index contributed by atoms with van der Waals surface area (Å²) in [6, 6.07) is 11.8. The predicted molar refractivity (Wildman–Crippen MR) is 104 cm³/mol. The molecule has 7 heteroatoms. The number of nitrogens with zero attached hydrogens (tertiary/aromatic N) is 1. The Morgan fingerprint density at radius 2 is 1.77 bits per heavy atom. The maximum Gasteiger partial charge on any atom is 0.222 e. The molecule has 1 aliphatic rings. The Morgan fingerprint density at radius 3 is 2.38 bits per heavy atom. The van der Waals surface area contributed by atoms with Gasteiger partial charge in [0.25, 0.3) is 0 Å². The topological polar surface area (TPSA) is 54.5 Å². The van der Waals surface area contributed by atoms with Gasteiger partial charge in [-0.1, -0.05) is 35.3 Å². The van der Waals surface area contributed by atoms with Crippen LogP contribution in [0.4, 0.5) is 0 Å². The normalized spacial score (nSPS) is 15.0. The highest BCUT2D eigenvalue weighted by atomic mass is 35.5. The average molecular weight is 412 g/mol. The van der Waals surface area contributed by atoms with Gasteiger partial charge in [-0.25, -0.2) is 8.42 Å². The van der Waals surface area contributed by atoms with E-state index in [1.165, 1.54) is 12.1 Å². The summed E-state index contributed by atoms with van der Waals surface area (Å²) < 4.78 is 25.1. The molecule has 0 unspecified atom stereocenters. The molecule has 1 amide bonds. The molecule has 0 spiro atoms. The summed E-state index contributed by atoms with van der Waals surface area (Å²) >= 11 is 11.8. The Balaban J connectivity index is 1.54. The fourth-order valence-corrected chi connectivity index (χ4v) is 4.82. The van der Waals surface area contributed by atoms with Crippen LogP contribution in [0.3, 0.4) is 0 Å². The Hall–Kier alpha value is -1.56. The number of carbonyl (C=O) groups excluding carboxylic acids is 1. The molecule has 2 aromatic carbocycles. The molecule has 0 atom stereocenters. The van der Waals surface area contributed by atoms with Crippen LogP contribution >= 0.6 is 23.2 Å². The van der Waals surface area contributed by atoms with E-state index in [0.29, 0.717) is 22.9 Å². The van der Waals surface area contributed by atoms with Crippen molar-refractivity contribution in [1.29, 1.82) is 0 Å². The number of benzene rings is 2. The number of aryl methyl sites for hydroxylation is 2. The summed E-state index contributed by atoms with van der Waals surface area (Å²) in [5.41, 5.74) is 2.03. The fourth-order valence-electron chi connectivity index (χ4n) is 2.93. The summed E-state index contributed by atoms with van der Waals surface area (Å²) in [5, 5.41) is 0.648. The number of hydrogen-bond donors (Lipinski definition) is 0. The minimum atomic E-state index is -3.43. The van der Waals surface area contributed by atoms with Gasteiger partial charge in [-0.05, 0) is 54.8 Å². The minimum absolute atomic E-state index is 0.0276. The first-order valence-electron chi connectivity index (χ1n) is 8.29. The zero-order valence-corrected chi connectivity index (χ0v) is 16.6. The van der Waals surface area contributed by atoms with Gasteiger partial charge in [-0.3, -0.25) is 4.79 Å². The average Bonchev–Trinajstić information content (AvgIpc) is 2.54. The maximum atomic E-state index is 12.5. The molecule has 26 heavy (non-hydrogen) atoms. The molecule has 0 aromatic heterocycles. The molecule has 138 valence electrons. The second-order valence-corrected chi connectivity index (χ2v) is 9.57. The second kappa shape index (κ2) is 7.59. The number of sulfone groups is 1. The summed E-state index contributed by atoms with van der Waals surface area (Å²) in [6.45, 7) is 2.40. The van der Waals surface area contributed by atoms with Gasteiger partial charge in [0.1, 0.15) is 5.25 Å². The van der Waals surface area contributed by atoms with E-state index in [0.717, 1.165) is 11.1 Å². The number of hydrogen-bond acceptors (Lipinski definition) is 3. The Morgan fingerprint density at radius 1 is 1.12 bits per heavy atom. The first kappa shape index (κ1) is 19.2.